The van der Waals surface area contributed by atoms with Crippen LogP contribution in [0.3, 0.4) is 0 Å². The third-order valence-electron chi connectivity index (χ3n) is 5.97. The molecule has 2 heterocycles. The minimum atomic E-state index is 0. The zero-order valence-corrected chi connectivity index (χ0v) is 22.3. The Morgan fingerprint density at radius 1 is 1.00 bits per heavy atom. The Morgan fingerprint density at radius 3 is 2.31 bits per heavy atom. The van der Waals surface area contributed by atoms with E-state index < -0.39 is 0 Å². The molecule has 0 atom stereocenters. The predicted molar refractivity (Wildman–Crippen MR) is 146 cm³/mol. The third kappa shape index (κ3) is 7.62. The molecule has 0 spiro atoms. The molecular formula is C25H39IN6. The maximum Gasteiger partial charge on any atom is 0.191 e. The number of hydrogen-bond acceptors (Lipinski definition) is 4. The van der Waals surface area contributed by atoms with E-state index in [9.17, 15) is 0 Å². The fraction of sp³-hybridized carbons (Fsp3) is 0.520. The number of likely N-dealkylation sites (N-methyl/N-ethyl adjacent to an activating group) is 1. The fourth-order valence-corrected chi connectivity index (χ4v) is 3.80. The molecule has 7 heteroatoms. The zero-order valence-electron chi connectivity index (χ0n) is 20.0. The molecule has 1 aromatic carbocycles. The summed E-state index contributed by atoms with van der Waals surface area (Å²) in [6.45, 7) is 16.5. The highest BCUT2D eigenvalue weighted by molar-refractivity contribution is 14.0. The van der Waals surface area contributed by atoms with Gasteiger partial charge in [0.1, 0.15) is 5.82 Å². The smallest absolute Gasteiger partial charge is 0.191 e. The van der Waals surface area contributed by atoms with Crippen molar-refractivity contribution in [2.24, 2.45) is 4.99 Å². The van der Waals surface area contributed by atoms with Gasteiger partial charge in [-0.05, 0) is 30.7 Å². The van der Waals surface area contributed by atoms with Crippen LogP contribution in [-0.2, 0) is 12.0 Å². The Balaban J connectivity index is 0.00000363. The highest BCUT2D eigenvalue weighted by Gasteiger charge is 2.20. The molecule has 1 saturated heterocycles. The Labute approximate surface area is 210 Å². The highest BCUT2D eigenvalue weighted by Crippen LogP contribution is 2.21. The van der Waals surface area contributed by atoms with Gasteiger partial charge < -0.3 is 20.4 Å². The van der Waals surface area contributed by atoms with Gasteiger partial charge in [0.2, 0.25) is 0 Å². The number of aliphatic imine (C=N–C) groups is 1. The Hall–Kier alpha value is -1.87. The SMILES string of the molecule is CCNC(=NCc1ccc(N2CCN(CC)CC2)nc1)NCC(C)(C)c1ccccc1.I. The quantitative estimate of drug-likeness (QED) is 0.297. The predicted octanol–water partition coefficient (Wildman–Crippen LogP) is 3.87. The molecule has 0 saturated carbocycles. The Bertz CT molecular complexity index is 814. The van der Waals surface area contributed by atoms with Crippen molar-refractivity contribution >= 4 is 35.8 Å². The molecular weight excluding hydrogens is 511 g/mol. The van der Waals surface area contributed by atoms with Gasteiger partial charge in [0.15, 0.2) is 5.96 Å². The van der Waals surface area contributed by atoms with Gasteiger partial charge in [-0.2, -0.15) is 0 Å². The van der Waals surface area contributed by atoms with E-state index in [2.05, 4.69) is 90.6 Å². The fourth-order valence-electron chi connectivity index (χ4n) is 3.80. The number of piperazine rings is 1. The lowest BCUT2D eigenvalue weighted by molar-refractivity contribution is 0.270. The molecule has 3 rings (SSSR count). The van der Waals surface area contributed by atoms with Gasteiger partial charge in [-0.1, -0.05) is 57.2 Å². The lowest BCUT2D eigenvalue weighted by atomic mass is 9.85. The third-order valence-corrected chi connectivity index (χ3v) is 5.97. The van der Waals surface area contributed by atoms with Crippen LogP contribution in [0.1, 0.15) is 38.8 Å². The molecule has 2 aromatic rings. The number of rotatable bonds is 8. The largest absolute Gasteiger partial charge is 0.357 e. The average Bonchev–Trinajstić information content (AvgIpc) is 2.82. The molecule has 0 radical (unpaired) electrons. The van der Waals surface area contributed by atoms with Crippen molar-refractivity contribution in [2.75, 3.05) is 50.7 Å². The highest BCUT2D eigenvalue weighted by atomic mass is 127. The van der Waals surface area contributed by atoms with Crippen LogP contribution in [0.2, 0.25) is 0 Å². The molecule has 0 amide bonds. The average molecular weight is 551 g/mol. The van der Waals surface area contributed by atoms with Gasteiger partial charge >= 0.3 is 0 Å². The second-order valence-electron chi connectivity index (χ2n) is 8.74. The van der Waals surface area contributed by atoms with Crippen molar-refractivity contribution < 1.29 is 0 Å². The Kier molecular flexibility index (Phi) is 10.7. The maximum absolute atomic E-state index is 4.78. The summed E-state index contributed by atoms with van der Waals surface area (Å²) in [7, 11) is 0. The van der Waals surface area contributed by atoms with Gasteiger partial charge in [-0.3, -0.25) is 0 Å². The normalized spacial score (nSPS) is 15.2. The molecule has 1 fully saturated rings. The van der Waals surface area contributed by atoms with E-state index in [1.807, 2.05) is 6.20 Å². The van der Waals surface area contributed by atoms with Crippen LogP contribution in [0.15, 0.2) is 53.7 Å². The van der Waals surface area contributed by atoms with E-state index >= 15 is 0 Å². The minimum absolute atomic E-state index is 0. The van der Waals surface area contributed by atoms with E-state index in [0.717, 1.165) is 63.2 Å². The number of hydrogen-bond donors (Lipinski definition) is 2. The van der Waals surface area contributed by atoms with Crippen LogP contribution >= 0.6 is 24.0 Å². The summed E-state index contributed by atoms with van der Waals surface area (Å²) >= 11 is 0. The van der Waals surface area contributed by atoms with Crippen molar-refractivity contribution in [1.29, 1.82) is 0 Å². The number of nitrogens with one attached hydrogen (secondary N) is 2. The van der Waals surface area contributed by atoms with Gasteiger partial charge in [0, 0.05) is 50.9 Å². The van der Waals surface area contributed by atoms with E-state index in [0.29, 0.717) is 6.54 Å². The molecule has 32 heavy (non-hydrogen) atoms. The standard InChI is InChI=1S/C25H38N6.HI/c1-5-26-24(29-20-25(3,4)22-10-8-7-9-11-22)28-19-21-12-13-23(27-18-21)31-16-14-30(6-2)15-17-31;/h7-13,18H,5-6,14-17,19-20H2,1-4H3,(H2,26,28,29);1H. The lowest BCUT2D eigenvalue weighted by Gasteiger charge is -2.34. The maximum atomic E-state index is 4.78. The first-order valence-corrected chi connectivity index (χ1v) is 11.5. The number of nitrogens with zero attached hydrogens (tertiary/aromatic N) is 4. The van der Waals surface area contributed by atoms with Crippen LogP contribution in [0.5, 0.6) is 0 Å². The van der Waals surface area contributed by atoms with Gasteiger partial charge in [0.25, 0.3) is 0 Å². The lowest BCUT2D eigenvalue weighted by Crippen LogP contribution is -2.46. The van der Waals surface area contributed by atoms with Gasteiger partial charge in [-0.25, -0.2) is 9.98 Å². The monoisotopic (exact) mass is 550 g/mol. The van der Waals surface area contributed by atoms with Crippen LogP contribution in [0.4, 0.5) is 5.82 Å². The van der Waals surface area contributed by atoms with Crippen LogP contribution in [-0.4, -0.2) is 61.7 Å². The number of pyridine rings is 1. The van der Waals surface area contributed by atoms with Gasteiger partial charge in [-0.15, -0.1) is 24.0 Å². The van der Waals surface area contributed by atoms with Crippen LogP contribution < -0.4 is 15.5 Å². The van der Waals surface area contributed by atoms with Crippen molar-refractivity contribution in [3.63, 3.8) is 0 Å². The topological polar surface area (TPSA) is 55.8 Å². The van der Waals surface area contributed by atoms with E-state index in [-0.39, 0.29) is 29.4 Å². The number of halogens is 1. The molecule has 6 nitrogen and oxygen atoms in total. The van der Waals surface area contributed by atoms with Crippen LogP contribution in [0, 0.1) is 0 Å². The molecule has 0 bridgehead atoms. The molecule has 0 unspecified atom stereocenters. The molecule has 0 aliphatic carbocycles. The number of guanidine groups is 1. The molecule has 176 valence electrons. The molecule has 1 aromatic heterocycles. The first-order valence-electron chi connectivity index (χ1n) is 11.5. The summed E-state index contributed by atoms with van der Waals surface area (Å²) in [5.74, 6) is 1.91. The summed E-state index contributed by atoms with van der Waals surface area (Å²) in [5.41, 5.74) is 2.45. The summed E-state index contributed by atoms with van der Waals surface area (Å²) in [5, 5.41) is 6.86. The first kappa shape index (κ1) is 26.4. The summed E-state index contributed by atoms with van der Waals surface area (Å²) in [4.78, 5) is 14.3. The van der Waals surface area contributed by atoms with Gasteiger partial charge in [0.05, 0.1) is 6.54 Å². The number of benzene rings is 1. The zero-order chi connectivity index (χ0) is 22.1. The van der Waals surface area contributed by atoms with E-state index in [1.54, 1.807) is 0 Å². The number of anilines is 1. The molecule has 1 aliphatic heterocycles. The van der Waals surface area contributed by atoms with Crippen molar-refractivity contribution in [2.45, 2.75) is 39.7 Å². The molecule has 1 aliphatic rings. The summed E-state index contributed by atoms with van der Waals surface area (Å²) in [6, 6.07) is 14.9. The van der Waals surface area contributed by atoms with Crippen molar-refractivity contribution in [3.8, 4) is 0 Å². The van der Waals surface area contributed by atoms with Crippen molar-refractivity contribution in [3.05, 3.63) is 59.8 Å². The van der Waals surface area contributed by atoms with Crippen molar-refractivity contribution in [1.82, 2.24) is 20.5 Å². The Morgan fingerprint density at radius 2 is 1.72 bits per heavy atom. The second-order valence-corrected chi connectivity index (χ2v) is 8.74. The van der Waals surface area contributed by atoms with Crippen LogP contribution in [0.25, 0.3) is 0 Å². The van der Waals surface area contributed by atoms with E-state index in [1.165, 1.54) is 5.56 Å². The first-order chi connectivity index (χ1) is 15.0. The minimum Gasteiger partial charge on any atom is -0.357 e. The second kappa shape index (κ2) is 13.0. The van der Waals surface area contributed by atoms with E-state index in [4.69, 9.17) is 9.98 Å². The summed E-state index contributed by atoms with van der Waals surface area (Å²) < 4.78 is 0. The summed E-state index contributed by atoms with van der Waals surface area (Å²) in [6.07, 6.45) is 1.96. The number of aromatic nitrogens is 1. The molecule has 2 N–H and O–H groups in total.